The van der Waals surface area contributed by atoms with Crippen molar-refractivity contribution in [3.05, 3.63) is 96.1 Å². The maximum atomic E-state index is 13.8. The Hall–Kier alpha value is -3.58. The minimum atomic E-state index is -0.887. The van der Waals surface area contributed by atoms with Gasteiger partial charge >= 0.3 is 5.97 Å². The van der Waals surface area contributed by atoms with Gasteiger partial charge in [0.1, 0.15) is 6.54 Å². The molecule has 4 aromatic rings. The van der Waals surface area contributed by atoms with Crippen molar-refractivity contribution in [2.45, 2.75) is 30.5 Å². The molecule has 3 aromatic carbocycles. The highest BCUT2D eigenvalue weighted by Gasteiger charge is 2.31. The van der Waals surface area contributed by atoms with Gasteiger partial charge < -0.3 is 14.6 Å². The minimum Gasteiger partial charge on any atom is -0.480 e. The predicted octanol–water partition coefficient (Wildman–Crippen LogP) is 5.28. The third-order valence-corrected chi connectivity index (χ3v) is 7.91. The zero-order valence-corrected chi connectivity index (χ0v) is 20.8. The van der Waals surface area contributed by atoms with Crippen LogP contribution in [-0.2, 0) is 16.1 Å². The average Bonchev–Trinajstić information content (AvgIpc) is 3.25. The molecule has 1 aliphatic heterocycles. The van der Waals surface area contributed by atoms with Crippen LogP contribution in [0.15, 0.2) is 90.1 Å². The smallest absolute Gasteiger partial charge is 0.323 e. The lowest BCUT2D eigenvalue weighted by molar-refractivity contribution is -0.137. The van der Waals surface area contributed by atoms with Crippen LogP contribution in [0.25, 0.3) is 11.0 Å². The summed E-state index contributed by atoms with van der Waals surface area (Å²) in [7, 11) is 0. The molecule has 1 aliphatic rings. The second-order valence-corrected chi connectivity index (χ2v) is 10.2. The molecule has 1 aromatic heterocycles. The zero-order chi connectivity index (χ0) is 24.9. The first-order valence-corrected chi connectivity index (χ1v) is 13.3. The lowest BCUT2D eigenvalue weighted by Crippen LogP contribution is -2.43. The Balaban J connectivity index is 1.32. The molecule has 0 bridgehead atoms. The molecule has 0 spiro atoms. The summed E-state index contributed by atoms with van der Waals surface area (Å²) in [5.41, 5.74) is 3.65. The van der Waals surface area contributed by atoms with Crippen LogP contribution < -0.4 is 0 Å². The molecule has 2 heterocycles. The second-order valence-electron chi connectivity index (χ2n) is 9.22. The van der Waals surface area contributed by atoms with E-state index in [0.717, 1.165) is 47.3 Å². The van der Waals surface area contributed by atoms with E-state index in [4.69, 9.17) is 4.98 Å². The van der Waals surface area contributed by atoms with Crippen LogP contribution in [0.2, 0.25) is 0 Å². The number of carboxylic acid groups (broad SMARTS) is 1. The normalized spacial score (nSPS) is 15.9. The Bertz CT molecular complexity index is 1300. The van der Waals surface area contributed by atoms with E-state index in [-0.39, 0.29) is 18.4 Å². The molecular formula is C29H29N3O3S. The number of likely N-dealkylation sites (tertiary alicyclic amines) is 1. The summed E-state index contributed by atoms with van der Waals surface area (Å²) in [6.45, 7) is 1.34. The van der Waals surface area contributed by atoms with Crippen LogP contribution in [0.5, 0.6) is 0 Å². The SMILES string of the molecule is O=C(O)Cn1c(SCC2CCCN(C(=O)C(c3ccccc3)c3ccccc3)C2)nc2ccccc21. The van der Waals surface area contributed by atoms with E-state index in [2.05, 4.69) is 0 Å². The van der Waals surface area contributed by atoms with Gasteiger partial charge in [0.15, 0.2) is 5.16 Å². The Labute approximate surface area is 215 Å². The van der Waals surface area contributed by atoms with Gasteiger partial charge in [0.25, 0.3) is 0 Å². The molecule has 1 amide bonds. The van der Waals surface area contributed by atoms with Gasteiger partial charge in [-0.1, -0.05) is 84.6 Å². The lowest BCUT2D eigenvalue weighted by Gasteiger charge is -2.35. The molecule has 0 aliphatic carbocycles. The Morgan fingerprint density at radius 2 is 1.58 bits per heavy atom. The number of nitrogens with zero attached hydrogens (tertiary/aromatic N) is 3. The third-order valence-electron chi connectivity index (χ3n) is 6.70. The number of amides is 1. The number of carbonyl (C=O) groups excluding carboxylic acids is 1. The summed E-state index contributed by atoms with van der Waals surface area (Å²) in [4.78, 5) is 32.0. The van der Waals surface area contributed by atoms with Crippen LogP contribution in [0.1, 0.15) is 29.9 Å². The fraction of sp³-hybridized carbons (Fsp3) is 0.276. The molecule has 6 nitrogen and oxygen atoms in total. The number of aliphatic carboxylic acids is 1. The van der Waals surface area contributed by atoms with Gasteiger partial charge in [-0.05, 0) is 42.0 Å². The highest BCUT2D eigenvalue weighted by molar-refractivity contribution is 7.99. The first-order chi connectivity index (χ1) is 17.6. The molecule has 1 N–H and O–H groups in total. The van der Waals surface area contributed by atoms with E-state index >= 15 is 0 Å². The molecular weight excluding hydrogens is 470 g/mol. The number of piperidine rings is 1. The predicted molar refractivity (Wildman–Crippen MR) is 142 cm³/mol. The maximum absolute atomic E-state index is 13.8. The summed E-state index contributed by atoms with van der Waals surface area (Å²) in [5.74, 6) is 0.0349. The Morgan fingerprint density at radius 1 is 0.944 bits per heavy atom. The van der Waals surface area contributed by atoms with Crippen LogP contribution in [0.4, 0.5) is 0 Å². The number of aromatic nitrogens is 2. The fourth-order valence-electron chi connectivity index (χ4n) is 5.00. The van der Waals surface area contributed by atoms with Crippen molar-refractivity contribution in [2.24, 2.45) is 5.92 Å². The van der Waals surface area contributed by atoms with Gasteiger partial charge in [0.2, 0.25) is 5.91 Å². The van der Waals surface area contributed by atoms with E-state index < -0.39 is 5.97 Å². The second kappa shape index (κ2) is 11.0. The van der Waals surface area contributed by atoms with E-state index in [1.807, 2.05) is 89.8 Å². The molecule has 1 unspecified atom stereocenters. The first-order valence-electron chi connectivity index (χ1n) is 12.3. The Kier molecular flexibility index (Phi) is 7.37. The number of hydrogen-bond acceptors (Lipinski definition) is 4. The number of thioether (sulfide) groups is 1. The van der Waals surface area contributed by atoms with Crippen molar-refractivity contribution in [1.82, 2.24) is 14.5 Å². The van der Waals surface area contributed by atoms with E-state index in [0.29, 0.717) is 17.6 Å². The number of rotatable bonds is 8. The van der Waals surface area contributed by atoms with Gasteiger partial charge in [0, 0.05) is 18.8 Å². The van der Waals surface area contributed by atoms with Gasteiger partial charge in [-0.25, -0.2) is 4.98 Å². The maximum Gasteiger partial charge on any atom is 0.323 e. The number of benzene rings is 3. The number of para-hydroxylation sites is 2. The van der Waals surface area contributed by atoms with E-state index in [1.54, 1.807) is 16.3 Å². The molecule has 1 atom stereocenters. The highest BCUT2D eigenvalue weighted by Crippen LogP contribution is 2.32. The zero-order valence-electron chi connectivity index (χ0n) is 20.0. The Morgan fingerprint density at radius 3 is 2.25 bits per heavy atom. The van der Waals surface area contributed by atoms with Crippen molar-refractivity contribution in [3.8, 4) is 0 Å². The molecule has 184 valence electrons. The van der Waals surface area contributed by atoms with Gasteiger partial charge in [0.05, 0.1) is 17.0 Å². The largest absolute Gasteiger partial charge is 0.480 e. The van der Waals surface area contributed by atoms with Crippen molar-refractivity contribution in [3.63, 3.8) is 0 Å². The van der Waals surface area contributed by atoms with Crippen molar-refractivity contribution in [2.75, 3.05) is 18.8 Å². The molecule has 1 fully saturated rings. The standard InChI is InChI=1S/C29H29N3O3S/c33-26(34)19-32-25-16-8-7-15-24(25)30-29(32)36-20-21-10-9-17-31(18-21)28(35)27(22-11-3-1-4-12-22)23-13-5-2-6-14-23/h1-8,11-16,21,27H,9-10,17-20H2,(H,33,34). The number of hydrogen-bond donors (Lipinski definition) is 1. The van der Waals surface area contributed by atoms with Gasteiger partial charge in [-0.2, -0.15) is 0 Å². The molecule has 36 heavy (non-hydrogen) atoms. The van der Waals surface area contributed by atoms with Crippen LogP contribution in [0, 0.1) is 5.92 Å². The van der Waals surface area contributed by atoms with Crippen LogP contribution >= 0.6 is 11.8 Å². The van der Waals surface area contributed by atoms with E-state index in [1.165, 1.54) is 0 Å². The van der Waals surface area contributed by atoms with Crippen molar-refractivity contribution < 1.29 is 14.7 Å². The molecule has 0 saturated carbocycles. The topological polar surface area (TPSA) is 75.4 Å². The summed E-state index contributed by atoms with van der Waals surface area (Å²) in [5, 5.41) is 10.1. The lowest BCUT2D eigenvalue weighted by atomic mass is 9.88. The van der Waals surface area contributed by atoms with Gasteiger partial charge in [-0.15, -0.1) is 0 Å². The molecule has 1 saturated heterocycles. The number of carboxylic acids is 1. The molecule has 7 heteroatoms. The first kappa shape index (κ1) is 24.1. The highest BCUT2D eigenvalue weighted by atomic mass is 32.2. The summed E-state index contributed by atoms with van der Waals surface area (Å²) in [6.07, 6.45) is 2.00. The van der Waals surface area contributed by atoms with Crippen LogP contribution in [-0.4, -0.2) is 50.3 Å². The molecule has 0 radical (unpaired) electrons. The van der Waals surface area contributed by atoms with E-state index in [9.17, 15) is 14.7 Å². The van der Waals surface area contributed by atoms with Gasteiger partial charge in [-0.3, -0.25) is 9.59 Å². The number of imidazole rings is 1. The molecule has 5 rings (SSSR count). The fourth-order valence-corrected chi connectivity index (χ4v) is 6.13. The number of carbonyl (C=O) groups is 2. The average molecular weight is 500 g/mol. The quantitative estimate of drug-likeness (QED) is 0.334. The van der Waals surface area contributed by atoms with Crippen LogP contribution in [0.3, 0.4) is 0 Å². The summed E-state index contributed by atoms with van der Waals surface area (Å²) in [6, 6.07) is 27.6. The third kappa shape index (κ3) is 5.31. The van der Waals surface area contributed by atoms with Crippen molar-refractivity contribution in [1.29, 1.82) is 0 Å². The minimum absolute atomic E-state index is 0.117. The number of fused-ring (bicyclic) bond motifs is 1. The monoisotopic (exact) mass is 499 g/mol. The summed E-state index contributed by atoms with van der Waals surface area (Å²) >= 11 is 1.59. The van der Waals surface area contributed by atoms with Crippen molar-refractivity contribution >= 4 is 34.7 Å². The summed E-state index contributed by atoms with van der Waals surface area (Å²) < 4.78 is 1.77.